The van der Waals surface area contributed by atoms with Gasteiger partial charge in [-0.3, -0.25) is 9.88 Å². The van der Waals surface area contributed by atoms with Crippen molar-refractivity contribution in [3.8, 4) is 0 Å². The molecule has 2 saturated heterocycles. The highest BCUT2D eigenvalue weighted by molar-refractivity contribution is 5.18. The molecular weight excluding hydrogens is 228 g/mol. The summed E-state index contributed by atoms with van der Waals surface area (Å²) in [6.07, 6.45) is 4.01. The molecule has 1 spiro atoms. The van der Waals surface area contributed by atoms with Crippen LogP contribution in [0.1, 0.15) is 24.1 Å². The Balaban J connectivity index is 1.68. The molecule has 0 N–H and O–H groups in total. The molecule has 0 radical (unpaired) electrons. The van der Waals surface area contributed by atoms with Crippen molar-refractivity contribution in [2.75, 3.05) is 26.3 Å². The van der Waals surface area contributed by atoms with Gasteiger partial charge in [0.1, 0.15) is 0 Å². The van der Waals surface area contributed by atoms with Gasteiger partial charge in [-0.1, -0.05) is 6.07 Å². The number of hydrogen-bond donors (Lipinski definition) is 0. The van der Waals surface area contributed by atoms with Gasteiger partial charge >= 0.3 is 0 Å². The molecule has 2 aliphatic rings. The number of hydrogen-bond acceptors (Lipinski definition) is 4. The van der Waals surface area contributed by atoms with Crippen molar-refractivity contribution >= 4 is 0 Å². The van der Waals surface area contributed by atoms with Crippen LogP contribution in [0.4, 0.5) is 0 Å². The first kappa shape index (κ1) is 12.1. The third kappa shape index (κ3) is 2.41. The third-order valence-electron chi connectivity index (χ3n) is 3.82. The van der Waals surface area contributed by atoms with E-state index in [1.165, 1.54) is 5.56 Å². The Kier molecular flexibility index (Phi) is 3.33. The van der Waals surface area contributed by atoms with Crippen LogP contribution in [0, 0.1) is 6.92 Å². The fourth-order valence-electron chi connectivity index (χ4n) is 2.86. The molecule has 0 amide bonds. The topological polar surface area (TPSA) is 34.6 Å². The molecule has 0 bridgehead atoms. The predicted molar refractivity (Wildman–Crippen MR) is 68.1 cm³/mol. The number of aromatic nitrogens is 1. The molecule has 2 aliphatic heterocycles. The normalized spacial score (nSPS) is 23.6. The van der Waals surface area contributed by atoms with Crippen LogP contribution >= 0.6 is 0 Å². The van der Waals surface area contributed by atoms with Gasteiger partial charge in [-0.05, 0) is 31.5 Å². The van der Waals surface area contributed by atoms with Crippen LogP contribution in [0.25, 0.3) is 0 Å². The van der Waals surface area contributed by atoms with E-state index in [2.05, 4.69) is 22.9 Å². The van der Waals surface area contributed by atoms with Crippen LogP contribution in [0.5, 0.6) is 0 Å². The van der Waals surface area contributed by atoms with Crippen LogP contribution in [0.15, 0.2) is 18.3 Å². The van der Waals surface area contributed by atoms with Gasteiger partial charge in [0.05, 0.1) is 19.8 Å². The van der Waals surface area contributed by atoms with Crippen molar-refractivity contribution in [3.63, 3.8) is 0 Å². The maximum absolute atomic E-state index is 5.80. The summed E-state index contributed by atoms with van der Waals surface area (Å²) in [7, 11) is 0. The first-order valence-corrected chi connectivity index (χ1v) is 6.68. The van der Waals surface area contributed by atoms with E-state index in [0.29, 0.717) is 0 Å². The number of rotatable bonds is 2. The fourth-order valence-corrected chi connectivity index (χ4v) is 2.86. The Bertz CT molecular complexity index is 416. The van der Waals surface area contributed by atoms with Crippen LogP contribution in [-0.4, -0.2) is 42.0 Å². The van der Waals surface area contributed by atoms with E-state index in [1.807, 2.05) is 12.3 Å². The Labute approximate surface area is 108 Å². The van der Waals surface area contributed by atoms with Gasteiger partial charge in [0, 0.05) is 24.9 Å². The molecule has 3 heterocycles. The van der Waals surface area contributed by atoms with Crippen LogP contribution < -0.4 is 0 Å². The number of ether oxygens (including phenoxy) is 2. The van der Waals surface area contributed by atoms with Gasteiger partial charge in [-0.2, -0.15) is 0 Å². The Morgan fingerprint density at radius 2 is 2.22 bits per heavy atom. The highest BCUT2D eigenvalue weighted by Gasteiger charge is 2.40. The molecule has 2 fully saturated rings. The van der Waals surface area contributed by atoms with Crippen molar-refractivity contribution in [1.82, 2.24) is 9.88 Å². The lowest BCUT2D eigenvalue weighted by molar-refractivity contribution is -0.190. The van der Waals surface area contributed by atoms with E-state index < -0.39 is 0 Å². The minimum Gasteiger partial charge on any atom is -0.346 e. The average molecular weight is 248 g/mol. The Morgan fingerprint density at radius 1 is 1.39 bits per heavy atom. The van der Waals surface area contributed by atoms with Gasteiger partial charge in [-0.15, -0.1) is 0 Å². The number of piperidine rings is 1. The summed E-state index contributed by atoms with van der Waals surface area (Å²) in [6.45, 7) is 6.47. The van der Waals surface area contributed by atoms with E-state index >= 15 is 0 Å². The van der Waals surface area contributed by atoms with Crippen LogP contribution in [0.2, 0.25) is 0 Å². The van der Waals surface area contributed by atoms with Crippen LogP contribution in [0.3, 0.4) is 0 Å². The first-order chi connectivity index (χ1) is 8.77. The molecule has 1 aromatic heterocycles. The molecule has 4 heteroatoms. The largest absolute Gasteiger partial charge is 0.346 e. The zero-order chi connectivity index (χ0) is 12.4. The van der Waals surface area contributed by atoms with Crippen LogP contribution in [-0.2, 0) is 16.0 Å². The third-order valence-corrected chi connectivity index (χ3v) is 3.82. The van der Waals surface area contributed by atoms with Gasteiger partial charge in [0.25, 0.3) is 0 Å². The van der Waals surface area contributed by atoms with Gasteiger partial charge in [-0.25, -0.2) is 0 Å². The standard InChI is InChI=1S/C14H20N2O2/c1-12-13(4-2-6-15-12)10-16-7-3-5-14(11-16)17-8-9-18-14/h2,4,6H,3,5,7-11H2,1H3. The molecular formula is C14H20N2O2. The second-order valence-corrected chi connectivity index (χ2v) is 5.17. The molecule has 0 atom stereocenters. The molecule has 0 saturated carbocycles. The van der Waals surface area contributed by atoms with Crippen molar-refractivity contribution in [2.45, 2.75) is 32.1 Å². The van der Waals surface area contributed by atoms with E-state index in [1.54, 1.807) is 0 Å². The highest BCUT2D eigenvalue weighted by Crippen LogP contribution is 2.30. The maximum Gasteiger partial charge on any atom is 0.181 e. The van der Waals surface area contributed by atoms with Gasteiger partial charge < -0.3 is 9.47 Å². The molecule has 0 aromatic carbocycles. The summed E-state index contributed by atoms with van der Waals surface area (Å²) in [5, 5.41) is 0. The van der Waals surface area contributed by atoms with Crippen molar-refractivity contribution < 1.29 is 9.47 Å². The lowest BCUT2D eigenvalue weighted by Gasteiger charge is -2.38. The smallest absolute Gasteiger partial charge is 0.181 e. The van der Waals surface area contributed by atoms with E-state index in [4.69, 9.17) is 9.47 Å². The lowest BCUT2D eigenvalue weighted by Crippen LogP contribution is -2.48. The lowest BCUT2D eigenvalue weighted by atomic mass is 10.0. The van der Waals surface area contributed by atoms with Gasteiger partial charge in [0.15, 0.2) is 5.79 Å². The van der Waals surface area contributed by atoms with Crippen molar-refractivity contribution in [3.05, 3.63) is 29.6 Å². The van der Waals surface area contributed by atoms with Crippen molar-refractivity contribution in [2.24, 2.45) is 0 Å². The quantitative estimate of drug-likeness (QED) is 0.798. The SMILES string of the molecule is Cc1ncccc1CN1CCCC2(C1)OCCO2. The molecule has 98 valence electrons. The maximum atomic E-state index is 5.80. The highest BCUT2D eigenvalue weighted by atomic mass is 16.7. The molecule has 0 aliphatic carbocycles. The molecule has 1 aromatic rings. The number of aryl methyl sites for hydroxylation is 1. The number of nitrogens with zero attached hydrogens (tertiary/aromatic N) is 2. The predicted octanol–water partition coefficient (Wildman–Crippen LogP) is 1.73. The Morgan fingerprint density at radius 3 is 3.00 bits per heavy atom. The molecule has 18 heavy (non-hydrogen) atoms. The zero-order valence-corrected chi connectivity index (χ0v) is 10.9. The summed E-state index contributed by atoms with van der Waals surface area (Å²) in [4.78, 5) is 6.76. The van der Waals surface area contributed by atoms with E-state index in [9.17, 15) is 0 Å². The Hall–Kier alpha value is -0.970. The molecule has 0 unspecified atom stereocenters. The summed E-state index contributed by atoms with van der Waals surface area (Å²) in [6, 6.07) is 4.16. The zero-order valence-electron chi connectivity index (χ0n) is 10.9. The number of pyridine rings is 1. The van der Waals surface area contributed by atoms with E-state index in [0.717, 1.165) is 51.4 Å². The van der Waals surface area contributed by atoms with Gasteiger partial charge in [0.2, 0.25) is 0 Å². The fraction of sp³-hybridized carbons (Fsp3) is 0.643. The second-order valence-electron chi connectivity index (χ2n) is 5.17. The van der Waals surface area contributed by atoms with Crippen molar-refractivity contribution in [1.29, 1.82) is 0 Å². The summed E-state index contributed by atoms with van der Waals surface area (Å²) < 4.78 is 11.6. The summed E-state index contributed by atoms with van der Waals surface area (Å²) >= 11 is 0. The first-order valence-electron chi connectivity index (χ1n) is 6.68. The summed E-state index contributed by atoms with van der Waals surface area (Å²) in [5.74, 6) is -0.325. The average Bonchev–Trinajstić information content (AvgIpc) is 2.80. The monoisotopic (exact) mass is 248 g/mol. The second kappa shape index (κ2) is 4.96. The number of likely N-dealkylation sites (tertiary alicyclic amines) is 1. The minimum absolute atomic E-state index is 0.325. The molecule has 4 nitrogen and oxygen atoms in total. The van der Waals surface area contributed by atoms with E-state index in [-0.39, 0.29) is 5.79 Å². The molecule has 3 rings (SSSR count). The minimum atomic E-state index is -0.325. The summed E-state index contributed by atoms with van der Waals surface area (Å²) in [5.41, 5.74) is 2.41.